The fourth-order valence-corrected chi connectivity index (χ4v) is 3.03. The molecule has 1 aliphatic rings. The summed E-state index contributed by atoms with van der Waals surface area (Å²) in [6.07, 6.45) is 2.51. The first-order chi connectivity index (χ1) is 7.93. The lowest BCUT2D eigenvalue weighted by Gasteiger charge is -2.12. The third-order valence-electron chi connectivity index (χ3n) is 3.05. The van der Waals surface area contributed by atoms with Gasteiger partial charge in [0.25, 0.3) is 0 Å². The summed E-state index contributed by atoms with van der Waals surface area (Å²) in [5.41, 5.74) is 0. The van der Waals surface area contributed by atoms with Gasteiger partial charge >= 0.3 is 0 Å². The normalized spacial score (nSPS) is 20.4. The highest BCUT2D eigenvalue weighted by atomic mass is 32.1. The lowest BCUT2D eigenvalue weighted by Crippen LogP contribution is -2.28. The van der Waals surface area contributed by atoms with Gasteiger partial charge in [-0.15, -0.1) is 11.3 Å². The van der Waals surface area contributed by atoms with Gasteiger partial charge in [-0.2, -0.15) is 0 Å². The number of hydrogen-bond acceptors (Lipinski definition) is 3. The topological polar surface area (TPSA) is 21.3 Å². The van der Waals surface area contributed by atoms with E-state index in [1.807, 2.05) is 0 Å². The number of hydrogen-bond donors (Lipinski definition) is 1. The van der Waals surface area contributed by atoms with Crippen molar-refractivity contribution < 1.29 is 4.74 Å². The predicted octanol–water partition coefficient (Wildman–Crippen LogP) is 3.03. The van der Waals surface area contributed by atoms with Crippen LogP contribution in [0.4, 0.5) is 0 Å². The van der Waals surface area contributed by atoms with E-state index in [1.54, 1.807) is 11.3 Å². The third kappa shape index (κ3) is 1.93. The second kappa shape index (κ2) is 4.44. The molecule has 1 aromatic heterocycles. The molecule has 1 atom stereocenters. The fourth-order valence-electron chi connectivity index (χ4n) is 2.17. The van der Waals surface area contributed by atoms with Crippen LogP contribution >= 0.6 is 11.3 Å². The molecule has 1 unspecified atom stereocenters. The van der Waals surface area contributed by atoms with E-state index >= 15 is 0 Å². The van der Waals surface area contributed by atoms with Gasteiger partial charge in [0.2, 0.25) is 0 Å². The molecular weight excluding hydrogens is 218 g/mol. The van der Waals surface area contributed by atoms with Crippen LogP contribution in [0.25, 0.3) is 10.1 Å². The van der Waals surface area contributed by atoms with Crippen LogP contribution in [0.3, 0.4) is 0 Å². The molecule has 0 amide bonds. The van der Waals surface area contributed by atoms with Gasteiger partial charge in [-0.1, -0.05) is 12.1 Å². The van der Waals surface area contributed by atoms with Crippen molar-refractivity contribution in [2.45, 2.75) is 18.9 Å². The Kier molecular flexibility index (Phi) is 2.80. The molecule has 1 aromatic carbocycles. The number of fused-ring (bicyclic) bond motifs is 1. The minimum absolute atomic E-state index is 0.537. The van der Waals surface area contributed by atoms with Gasteiger partial charge in [-0.25, -0.2) is 0 Å². The van der Waals surface area contributed by atoms with Gasteiger partial charge in [0.15, 0.2) is 0 Å². The molecule has 0 saturated carbocycles. The summed E-state index contributed by atoms with van der Waals surface area (Å²) in [6, 6.07) is 8.93. The van der Waals surface area contributed by atoms with Gasteiger partial charge in [0.05, 0.1) is 4.70 Å². The highest BCUT2D eigenvalue weighted by molar-refractivity contribution is 7.17. The summed E-state index contributed by atoms with van der Waals surface area (Å²) in [6.45, 7) is 1.92. The zero-order valence-corrected chi connectivity index (χ0v) is 9.93. The summed E-state index contributed by atoms with van der Waals surface area (Å²) in [5, 5.41) is 6.84. The van der Waals surface area contributed by atoms with Crippen LogP contribution in [0.15, 0.2) is 29.6 Å². The second-order valence-corrected chi connectivity index (χ2v) is 5.12. The largest absolute Gasteiger partial charge is 0.490 e. The van der Waals surface area contributed by atoms with Crippen molar-refractivity contribution in [1.82, 2.24) is 5.32 Å². The van der Waals surface area contributed by atoms with Crippen molar-refractivity contribution in [2.24, 2.45) is 0 Å². The quantitative estimate of drug-likeness (QED) is 0.880. The predicted molar refractivity (Wildman–Crippen MR) is 68.3 cm³/mol. The highest BCUT2D eigenvalue weighted by Crippen LogP contribution is 2.30. The highest BCUT2D eigenvalue weighted by Gasteiger charge is 2.14. The average Bonchev–Trinajstić information content (AvgIpc) is 2.97. The Labute approximate surface area is 99.2 Å². The van der Waals surface area contributed by atoms with E-state index in [2.05, 4.69) is 35.0 Å². The number of benzene rings is 1. The van der Waals surface area contributed by atoms with Gasteiger partial charge in [-0.3, -0.25) is 0 Å². The SMILES string of the molecule is c1cc(OCC2CCCN2)c2sccc2c1. The molecule has 16 heavy (non-hydrogen) atoms. The molecule has 1 N–H and O–H groups in total. The van der Waals surface area contributed by atoms with E-state index in [0.29, 0.717) is 6.04 Å². The van der Waals surface area contributed by atoms with Crippen LogP contribution in [-0.4, -0.2) is 19.2 Å². The van der Waals surface area contributed by atoms with Crippen LogP contribution < -0.4 is 10.1 Å². The molecule has 0 aliphatic carbocycles. The number of ether oxygens (including phenoxy) is 1. The number of rotatable bonds is 3. The van der Waals surface area contributed by atoms with Crippen LogP contribution in [0, 0.1) is 0 Å². The van der Waals surface area contributed by atoms with Crippen LogP contribution in [-0.2, 0) is 0 Å². The second-order valence-electron chi connectivity index (χ2n) is 4.20. The van der Waals surface area contributed by atoms with E-state index in [-0.39, 0.29) is 0 Å². The molecule has 0 radical (unpaired) electrons. The van der Waals surface area contributed by atoms with Crippen LogP contribution in [0.5, 0.6) is 5.75 Å². The maximum atomic E-state index is 5.91. The summed E-state index contributed by atoms with van der Waals surface area (Å²) in [4.78, 5) is 0. The van der Waals surface area contributed by atoms with Crippen molar-refractivity contribution in [2.75, 3.05) is 13.2 Å². The molecule has 84 valence electrons. The third-order valence-corrected chi connectivity index (χ3v) is 3.99. The standard InChI is InChI=1S/C13H15NOS/c1-3-10-6-8-16-13(10)12(5-1)15-9-11-4-2-7-14-11/h1,3,5-6,8,11,14H,2,4,7,9H2. The Bertz CT molecular complexity index is 473. The first-order valence-corrected chi connectivity index (χ1v) is 6.64. The molecular formula is C13H15NOS. The summed E-state index contributed by atoms with van der Waals surface area (Å²) in [5.74, 6) is 1.03. The molecule has 0 bridgehead atoms. The van der Waals surface area contributed by atoms with Gasteiger partial charge < -0.3 is 10.1 Å². The van der Waals surface area contributed by atoms with Crippen LogP contribution in [0.2, 0.25) is 0 Å². The molecule has 2 nitrogen and oxygen atoms in total. The Morgan fingerprint density at radius 3 is 3.25 bits per heavy atom. The van der Waals surface area contributed by atoms with Crippen molar-refractivity contribution >= 4 is 21.4 Å². The van der Waals surface area contributed by atoms with Crippen molar-refractivity contribution in [1.29, 1.82) is 0 Å². The maximum absolute atomic E-state index is 5.91. The van der Waals surface area contributed by atoms with E-state index in [0.717, 1.165) is 18.9 Å². The Balaban J connectivity index is 1.75. The van der Waals surface area contributed by atoms with Crippen molar-refractivity contribution in [3.63, 3.8) is 0 Å². The zero-order valence-electron chi connectivity index (χ0n) is 9.11. The maximum Gasteiger partial charge on any atom is 0.137 e. The molecule has 0 spiro atoms. The summed E-state index contributed by atoms with van der Waals surface area (Å²) < 4.78 is 7.17. The Morgan fingerprint density at radius 2 is 2.38 bits per heavy atom. The van der Waals surface area contributed by atoms with Crippen molar-refractivity contribution in [3.8, 4) is 5.75 Å². The lowest BCUT2D eigenvalue weighted by molar-refractivity contribution is 0.280. The minimum Gasteiger partial charge on any atom is -0.490 e. The fraction of sp³-hybridized carbons (Fsp3) is 0.385. The number of nitrogens with one attached hydrogen (secondary N) is 1. The minimum atomic E-state index is 0.537. The smallest absolute Gasteiger partial charge is 0.137 e. The Morgan fingerprint density at radius 1 is 1.38 bits per heavy atom. The molecule has 3 heteroatoms. The average molecular weight is 233 g/mol. The molecule has 1 saturated heterocycles. The van der Waals surface area contributed by atoms with E-state index in [9.17, 15) is 0 Å². The molecule has 1 fully saturated rings. The zero-order chi connectivity index (χ0) is 10.8. The van der Waals surface area contributed by atoms with E-state index < -0.39 is 0 Å². The van der Waals surface area contributed by atoms with E-state index in [1.165, 1.54) is 22.9 Å². The van der Waals surface area contributed by atoms with Gasteiger partial charge in [0.1, 0.15) is 12.4 Å². The lowest BCUT2D eigenvalue weighted by atomic mass is 10.2. The molecule has 1 aliphatic heterocycles. The van der Waals surface area contributed by atoms with Crippen molar-refractivity contribution in [3.05, 3.63) is 29.6 Å². The number of thiophene rings is 1. The first kappa shape index (κ1) is 10.1. The first-order valence-electron chi connectivity index (χ1n) is 5.76. The van der Waals surface area contributed by atoms with Crippen LogP contribution in [0.1, 0.15) is 12.8 Å². The monoisotopic (exact) mass is 233 g/mol. The molecule has 3 rings (SSSR count). The van der Waals surface area contributed by atoms with E-state index in [4.69, 9.17) is 4.74 Å². The van der Waals surface area contributed by atoms with Gasteiger partial charge in [0, 0.05) is 6.04 Å². The van der Waals surface area contributed by atoms with Gasteiger partial charge in [-0.05, 0) is 42.3 Å². The summed E-state index contributed by atoms with van der Waals surface area (Å²) in [7, 11) is 0. The summed E-state index contributed by atoms with van der Waals surface area (Å²) >= 11 is 1.75. The Hall–Kier alpha value is -1.06. The molecule has 2 heterocycles. The molecule has 2 aromatic rings.